The van der Waals surface area contributed by atoms with Crippen LogP contribution < -0.4 is 29.6 Å². The molecule has 0 amide bonds. The summed E-state index contributed by atoms with van der Waals surface area (Å²) in [5.41, 5.74) is 1.90. The SMILES string of the molecule is C.C.C.CCc1cc(S(=O)(=O)[O-])c2ccc(C)cc2c1.[Na+]. The zero-order valence-corrected chi connectivity index (χ0v) is 13.5. The fourth-order valence-corrected chi connectivity index (χ4v) is 2.68. The largest absolute Gasteiger partial charge is 1.00 e. The van der Waals surface area contributed by atoms with Crippen molar-refractivity contribution < 1.29 is 42.5 Å². The number of benzene rings is 2. The summed E-state index contributed by atoms with van der Waals surface area (Å²) in [5, 5.41) is 1.31. The summed E-state index contributed by atoms with van der Waals surface area (Å²) < 4.78 is 33.7. The third-order valence-corrected chi connectivity index (χ3v) is 3.68. The summed E-state index contributed by atoms with van der Waals surface area (Å²) in [5.74, 6) is 0. The van der Waals surface area contributed by atoms with Gasteiger partial charge in [-0.05, 0) is 35.7 Å². The van der Waals surface area contributed by atoms with Gasteiger partial charge >= 0.3 is 29.6 Å². The van der Waals surface area contributed by atoms with Gasteiger partial charge < -0.3 is 4.55 Å². The van der Waals surface area contributed by atoms with Crippen molar-refractivity contribution in [3.05, 3.63) is 41.5 Å². The molecule has 0 heterocycles. The Bertz CT molecular complexity index is 679. The van der Waals surface area contributed by atoms with Crippen molar-refractivity contribution in [2.45, 2.75) is 47.4 Å². The molecule has 2 aromatic carbocycles. The van der Waals surface area contributed by atoms with E-state index in [4.69, 9.17) is 0 Å². The van der Waals surface area contributed by atoms with E-state index >= 15 is 0 Å². The van der Waals surface area contributed by atoms with Crippen LogP contribution in [0.15, 0.2) is 35.2 Å². The molecule has 0 N–H and O–H groups in total. The average molecular weight is 320 g/mol. The van der Waals surface area contributed by atoms with Crippen LogP contribution in [-0.4, -0.2) is 13.0 Å². The molecule has 0 aliphatic heterocycles. The predicted molar refractivity (Wildman–Crippen MR) is 86.2 cm³/mol. The molecule has 0 fully saturated rings. The second-order valence-electron chi connectivity index (χ2n) is 4.13. The van der Waals surface area contributed by atoms with Gasteiger partial charge in [0, 0.05) is 0 Å². The van der Waals surface area contributed by atoms with E-state index in [0.29, 0.717) is 11.8 Å². The van der Waals surface area contributed by atoms with Crippen molar-refractivity contribution in [2.24, 2.45) is 0 Å². The molecule has 0 aliphatic rings. The van der Waals surface area contributed by atoms with Crippen LogP contribution in [0.1, 0.15) is 40.3 Å². The van der Waals surface area contributed by atoms with Crippen molar-refractivity contribution in [3.8, 4) is 0 Å². The Labute approximate surface area is 151 Å². The van der Waals surface area contributed by atoms with Crippen molar-refractivity contribution >= 4 is 20.9 Å². The van der Waals surface area contributed by atoms with Crippen LogP contribution in [0.5, 0.6) is 0 Å². The minimum atomic E-state index is -4.42. The number of hydrogen-bond donors (Lipinski definition) is 0. The second-order valence-corrected chi connectivity index (χ2v) is 5.47. The molecule has 0 saturated heterocycles. The molecule has 114 valence electrons. The Morgan fingerprint density at radius 1 is 1.05 bits per heavy atom. The molecule has 2 aromatic rings. The summed E-state index contributed by atoms with van der Waals surface area (Å²) >= 11 is 0. The molecule has 0 bridgehead atoms. The number of rotatable bonds is 2. The Morgan fingerprint density at radius 2 is 1.62 bits per heavy atom. The van der Waals surface area contributed by atoms with Crippen molar-refractivity contribution in [1.82, 2.24) is 0 Å². The second kappa shape index (κ2) is 9.59. The topological polar surface area (TPSA) is 57.2 Å². The van der Waals surface area contributed by atoms with Crippen LogP contribution >= 0.6 is 0 Å². The molecule has 3 nitrogen and oxygen atoms in total. The molecule has 0 atom stereocenters. The van der Waals surface area contributed by atoms with Gasteiger partial charge in [-0.15, -0.1) is 0 Å². The summed E-state index contributed by atoms with van der Waals surface area (Å²) in [6.07, 6.45) is 0.701. The maximum absolute atomic E-state index is 11.2. The molecule has 5 heteroatoms. The maximum Gasteiger partial charge on any atom is 1.00 e. The van der Waals surface area contributed by atoms with Crippen molar-refractivity contribution in [3.63, 3.8) is 0 Å². The summed E-state index contributed by atoms with van der Waals surface area (Å²) in [6, 6.07) is 8.79. The quantitative estimate of drug-likeness (QED) is 0.623. The smallest absolute Gasteiger partial charge is 0.744 e. The Hall–Kier alpha value is -0.390. The first-order valence-electron chi connectivity index (χ1n) is 5.41. The van der Waals surface area contributed by atoms with Gasteiger partial charge in [0.05, 0.1) is 4.90 Å². The Balaban J connectivity index is -0.000000810. The fourth-order valence-electron chi connectivity index (χ4n) is 1.92. The van der Waals surface area contributed by atoms with Crippen LogP contribution in [0.25, 0.3) is 10.8 Å². The van der Waals surface area contributed by atoms with Crippen LogP contribution in [0, 0.1) is 6.92 Å². The van der Waals surface area contributed by atoms with Gasteiger partial charge in [-0.3, -0.25) is 0 Å². The predicted octanol–water partition coefficient (Wildman–Crippen LogP) is 1.53. The molecule has 0 aliphatic carbocycles. The summed E-state index contributed by atoms with van der Waals surface area (Å²) in [6.45, 7) is 3.86. The first kappa shape index (κ1) is 25.6. The van der Waals surface area contributed by atoms with E-state index in [0.717, 1.165) is 16.5 Å². The van der Waals surface area contributed by atoms with Gasteiger partial charge in [-0.1, -0.05) is 59.0 Å². The maximum atomic E-state index is 11.2. The number of hydrogen-bond acceptors (Lipinski definition) is 3. The molecule has 0 unspecified atom stereocenters. The van der Waals surface area contributed by atoms with Gasteiger partial charge in [0.25, 0.3) is 0 Å². The summed E-state index contributed by atoms with van der Waals surface area (Å²) in [7, 11) is -4.42. The van der Waals surface area contributed by atoms with Gasteiger partial charge in [0.2, 0.25) is 0 Å². The van der Waals surface area contributed by atoms with Crippen LogP contribution in [0.4, 0.5) is 0 Å². The Morgan fingerprint density at radius 3 is 2.10 bits per heavy atom. The van der Waals surface area contributed by atoms with Crippen molar-refractivity contribution in [2.75, 3.05) is 0 Å². The van der Waals surface area contributed by atoms with E-state index in [9.17, 15) is 13.0 Å². The third-order valence-electron chi connectivity index (χ3n) is 2.81. The van der Waals surface area contributed by atoms with E-state index in [2.05, 4.69) is 0 Å². The molecule has 0 spiro atoms. The molecule has 2 rings (SSSR count). The van der Waals surface area contributed by atoms with E-state index in [1.165, 1.54) is 6.07 Å². The number of fused-ring (bicyclic) bond motifs is 1. The minimum absolute atomic E-state index is 0. The van der Waals surface area contributed by atoms with Crippen LogP contribution in [-0.2, 0) is 16.5 Å². The molecule has 0 aromatic heterocycles. The van der Waals surface area contributed by atoms with E-state index in [1.54, 1.807) is 6.07 Å². The van der Waals surface area contributed by atoms with Gasteiger partial charge in [0.15, 0.2) is 0 Å². The first-order valence-corrected chi connectivity index (χ1v) is 6.82. The van der Waals surface area contributed by atoms with E-state index in [-0.39, 0.29) is 56.7 Å². The standard InChI is InChI=1S/C13H14O3S.3CH4.Na/c1-3-10-7-11-6-9(2)4-5-12(11)13(8-10)17(14,15)16;;;;/h4-8H,3H2,1-2H3,(H,14,15,16);3*1H4;/q;;;;+1/p-1. The molecular formula is C16H25NaO3S. The monoisotopic (exact) mass is 320 g/mol. The normalized spacial score (nSPS) is 9.67. The van der Waals surface area contributed by atoms with Gasteiger partial charge in [-0.25, -0.2) is 8.42 Å². The van der Waals surface area contributed by atoms with Crippen molar-refractivity contribution in [1.29, 1.82) is 0 Å². The zero-order chi connectivity index (χ0) is 12.6. The van der Waals surface area contributed by atoms with E-state index in [1.807, 2.05) is 32.0 Å². The van der Waals surface area contributed by atoms with E-state index < -0.39 is 10.1 Å². The molecular weight excluding hydrogens is 295 g/mol. The fraction of sp³-hybridized carbons (Fsp3) is 0.375. The Kier molecular flexibility index (Phi) is 11.7. The molecule has 0 radical (unpaired) electrons. The molecule has 0 saturated carbocycles. The third kappa shape index (κ3) is 5.72. The molecule has 21 heavy (non-hydrogen) atoms. The van der Waals surface area contributed by atoms with Crippen LogP contribution in [0.3, 0.4) is 0 Å². The first-order chi connectivity index (χ1) is 7.91. The summed E-state index contributed by atoms with van der Waals surface area (Å²) in [4.78, 5) is -0.119. The zero-order valence-electron chi connectivity index (χ0n) is 10.7. The van der Waals surface area contributed by atoms with Crippen LogP contribution in [0.2, 0.25) is 0 Å². The average Bonchev–Trinajstić information content (AvgIpc) is 2.25. The van der Waals surface area contributed by atoms with Gasteiger partial charge in [-0.2, -0.15) is 0 Å². The minimum Gasteiger partial charge on any atom is -0.744 e. The van der Waals surface area contributed by atoms with Gasteiger partial charge in [0.1, 0.15) is 10.1 Å². The number of aryl methyl sites for hydroxylation is 2.